The van der Waals surface area contributed by atoms with Crippen LogP contribution in [0.3, 0.4) is 0 Å². The van der Waals surface area contributed by atoms with Crippen LogP contribution in [0.15, 0.2) is 48.5 Å². The monoisotopic (exact) mass is 410 g/mol. The van der Waals surface area contributed by atoms with Gasteiger partial charge in [-0.1, -0.05) is 45.0 Å². The van der Waals surface area contributed by atoms with E-state index in [0.29, 0.717) is 24.5 Å². The summed E-state index contributed by atoms with van der Waals surface area (Å²) in [4.78, 5) is 14.3. The van der Waals surface area contributed by atoms with Crippen LogP contribution in [0.2, 0.25) is 0 Å². The molecular weight excluding hydrogens is 380 g/mol. The first-order chi connectivity index (χ1) is 14.3. The average molecular weight is 411 g/mol. The molecule has 0 saturated heterocycles. The molecule has 6 nitrogen and oxygen atoms in total. The molecule has 1 aliphatic rings. The lowest BCUT2D eigenvalue weighted by molar-refractivity contribution is -0.111. The van der Waals surface area contributed by atoms with Gasteiger partial charge in [-0.3, -0.25) is 4.79 Å². The molecule has 2 aromatic carbocycles. The van der Waals surface area contributed by atoms with Gasteiger partial charge >= 0.3 is 0 Å². The molecule has 1 unspecified atom stereocenters. The summed E-state index contributed by atoms with van der Waals surface area (Å²) in [5, 5.41) is 21.6. The minimum absolute atomic E-state index is 0.00901. The second-order valence-electron chi connectivity index (χ2n) is 8.47. The molecule has 1 aliphatic heterocycles. The number of aliphatic hydroxyl groups is 2. The predicted molar refractivity (Wildman–Crippen MR) is 120 cm³/mol. The van der Waals surface area contributed by atoms with E-state index in [1.54, 1.807) is 18.2 Å². The van der Waals surface area contributed by atoms with Crippen molar-refractivity contribution >= 4 is 23.4 Å². The van der Waals surface area contributed by atoms with Gasteiger partial charge in [-0.05, 0) is 40.8 Å². The van der Waals surface area contributed by atoms with Crippen molar-refractivity contribution in [2.45, 2.75) is 32.3 Å². The van der Waals surface area contributed by atoms with Crippen LogP contribution in [-0.2, 0) is 10.2 Å². The molecule has 2 aromatic rings. The fourth-order valence-electron chi connectivity index (χ4n) is 3.38. The highest BCUT2D eigenvalue weighted by atomic mass is 16.5. The van der Waals surface area contributed by atoms with Crippen molar-refractivity contribution in [2.24, 2.45) is 0 Å². The van der Waals surface area contributed by atoms with E-state index in [0.717, 1.165) is 11.3 Å². The topological polar surface area (TPSA) is 82.0 Å². The van der Waals surface area contributed by atoms with Crippen LogP contribution in [0.1, 0.15) is 31.9 Å². The minimum atomic E-state index is -0.336. The van der Waals surface area contributed by atoms with Crippen molar-refractivity contribution in [1.82, 2.24) is 0 Å². The van der Waals surface area contributed by atoms with Gasteiger partial charge in [-0.25, -0.2) is 0 Å². The van der Waals surface area contributed by atoms with Crippen LogP contribution in [0.5, 0.6) is 5.75 Å². The number of benzene rings is 2. The smallest absolute Gasteiger partial charge is 0.248 e. The largest absolute Gasteiger partial charge is 0.484 e. The Morgan fingerprint density at radius 3 is 2.57 bits per heavy atom. The number of rotatable bonds is 6. The summed E-state index contributed by atoms with van der Waals surface area (Å²) < 4.78 is 5.76. The summed E-state index contributed by atoms with van der Waals surface area (Å²) in [5.74, 6) is 0.398. The predicted octanol–water partition coefficient (Wildman–Crippen LogP) is 3.19. The quantitative estimate of drug-likeness (QED) is 0.637. The van der Waals surface area contributed by atoms with Gasteiger partial charge in [0.05, 0.1) is 25.4 Å². The van der Waals surface area contributed by atoms with Crippen molar-refractivity contribution in [1.29, 1.82) is 0 Å². The van der Waals surface area contributed by atoms with Crippen molar-refractivity contribution in [3.8, 4) is 5.75 Å². The zero-order valence-electron chi connectivity index (χ0n) is 17.8. The summed E-state index contributed by atoms with van der Waals surface area (Å²) in [7, 11) is 0. The molecular formula is C24H30N2O4. The Morgan fingerprint density at radius 1 is 1.20 bits per heavy atom. The van der Waals surface area contributed by atoms with Crippen LogP contribution in [0.4, 0.5) is 11.4 Å². The molecule has 1 atom stereocenters. The standard InChI is InChI=1S/C24H30N2O4/c1-24(2,3)18-7-4-17(5-8-18)6-11-23(29)25-19-9-10-22-21(14-19)26(12-13-27)15-20(16-28)30-22/h4-11,14,20,27-28H,12-13,15-16H2,1-3H3,(H,25,29)/b11-6+. The minimum Gasteiger partial charge on any atom is -0.484 e. The molecule has 0 spiro atoms. The normalized spacial score (nSPS) is 16.3. The van der Waals surface area contributed by atoms with Gasteiger partial charge in [0.2, 0.25) is 5.91 Å². The Balaban J connectivity index is 1.68. The number of carbonyl (C=O) groups excluding carboxylic acids is 1. The Kier molecular flexibility index (Phi) is 6.80. The Bertz CT molecular complexity index is 900. The number of nitrogens with zero attached hydrogens (tertiary/aromatic N) is 1. The maximum Gasteiger partial charge on any atom is 0.248 e. The molecule has 1 heterocycles. The first-order valence-electron chi connectivity index (χ1n) is 10.2. The van der Waals surface area contributed by atoms with Gasteiger partial charge in [-0.2, -0.15) is 0 Å². The second-order valence-corrected chi connectivity index (χ2v) is 8.47. The highest BCUT2D eigenvalue weighted by Crippen LogP contribution is 2.35. The number of nitrogens with one attached hydrogen (secondary N) is 1. The van der Waals surface area contributed by atoms with Crippen molar-refractivity contribution in [3.63, 3.8) is 0 Å². The lowest BCUT2D eigenvalue weighted by Crippen LogP contribution is -2.43. The number of carbonyl (C=O) groups is 1. The van der Waals surface area contributed by atoms with Crippen LogP contribution >= 0.6 is 0 Å². The highest BCUT2D eigenvalue weighted by molar-refractivity contribution is 6.02. The highest BCUT2D eigenvalue weighted by Gasteiger charge is 2.25. The second kappa shape index (κ2) is 9.32. The van der Waals surface area contributed by atoms with Crippen molar-refractivity contribution < 1.29 is 19.7 Å². The lowest BCUT2D eigenvalue weighted by Gasteiger charge is -2.35. The lowest BCUT2D eigenvalue weighted by atomic mass is 9.87. The molecule has 0 bridgehead atoms. The first kappa shape index (κ1) is 21.9. The summed E-state index contributed by atoms with van der Waals surface area (Å²) in [5.41, 5.74) is 3.72. The number of aliphatic hydroxyl groups excluding tert-OH is 2. The Hall–Kier alpha value is -2.83. The average Bonchev–Trinajstić information content (AvgIpc) is 2.72. The van der Waals surface area contributed by atoms with E-state index in [2.05, 4.69) is 38.2 Å². The van der Waals surface area contributed by atoms with Crippen molar-refractivity contribution in [2.75, 3.05) is 36.5 Å². The van der Waals surface area contributed by atoms with Crippen molar-refractivity contribution in [3.05, 3.63) is 59.7 Å². The van der Waals surface area contributed by atoms with E-state index < -0.39 is 0 Å². The number of hydrogen-bond acceptors (Lipinski definition) is 5. The Morgan fingerprint density at radius 2 is 1.93 bits per heavy atom. The summed E-state index contributed by atoms with van der Waals surface area (Å²) >= 11 is 0. The zero-order valence-corrected chi connectivity index (χ0v) is 17.8. The third kappa shape index (κ3) is 5.40. The number of β-amino-alcohol motifs (C(OH)–C–C–N with tert-alkyl or cyclic N) is 1. The maximum absolute atomic E-state index is 12.4. The van der Waals surface area contributed by atoms with Gasteiger partial charge in [0, 0.05) is 18.3 Å². The fourth-order valence-corrected chi connectivity index (χ4v) is 3.38. The van der Waals surface area contributed by atoms with E-state index >= 15 is 0 Å². The first-order valence-corrected chi connectivity index (χ1v) is 10.2. The van der Waals surface area contributed by atoms with E-state index in [-0.39, 0.29) is 30.6 Å². The van der Waals surface area contributed by atoms with Gasteiger partial charge in [0.1, 0.15) is 11.9 Å². The van der Waals surface area contributed by atoms with Gasteiger partial charge < -0.3 is 25.2 Å². The van der Waals surface area contributed by atoms with Crippen LogP contribution < -0.4 is 15.0 Å². The number of hydrogen-bond donors (Lipinski definition) is 3. The number of fused-ring (bicyclic) bond motifs is 1. The van der Waals surface area contributed by atoms with Gasteiger partial charge in [0.25, 0.3) is 0 Å². The Labute approximate surface area is 177 Å². The zero-order chi connectivity index (χ0) is 21.7. The summed E-state index contributed by atoms with van der Waals surface area (Å²) in [6, 6.07) is 13.5. The number of amides is 1. The van der Waals surface area contributed by atoms with E-state index in [4.69, 9.17) is 4.74 Å². The molecule has 0 aliphatic carbocycles. The number of ether oxygens (including phenoxy) is 1. The molecule has 0 saturated carbocycles. The summed E-state index contributed by atoms with van der Waals surface area (Å²) in [6.07, 6.45) is 2.96. The van der Waals surface area contributed by atoms with E-state index in [1.165, 1.54) is 11.6 Å². The molecule has 0 fully saturated rings. The SMILES string of the molecule is CC(C)(C)c1ccc(/C=C/C(=O)Nc2ccc3c(c2)N(CCO)CC(CO)O3)cc1. The molecule has 30 heavy (non-hydrogen) atoms. The molecule has 0 aromatic heterocycles. The molecule has 3 rings (SSSR count). The molecule has 6 heteroatoms. The van der Waals surface area contributed by atoms with Crippen LogP contribution in [0.25, 0.3) is 6.08 Å². The van der Waals surface area contributed by atoms with Crippen LogP contribution in [-0.4, -0.2) is 48.5 Å². The van der Waals surface area contributed by atoms with E-state index in [9.17, 15) is 15.0 Å². The number of anilines is 2. The third-order valence-corrected chi connectivity index (χ3v) is 5.06. The van der Waals surface area contributed by atoms with Gasteiger partial charge in [0.15, 0.2) is 0 Å². The molecule has 3 N–H and O–H groups in total. The fraction of sp³-hybridized carbons (Fsp3) is 0.375. The summed E-state index contributed by atoms with van der Waals surface area (Å²) in [6.45, 7) is 7.30. The molecule has 1 amide bonds. The maximum atomic E-state index is 12.4. The van der Waals surface area contributed by atoms with Crippen LogP contribution in [0, 0.1) is 0 Å². The van der Waals surface area contributed by atoms with Gasteiger partial charge in [-0.15, -0.1) is 0 Å². The molecule has 160 valence electrons. The molecule has 0 radical (unpaired) electrons. The van der Waals surface area contributed by atoms with E-state index in [1.807, 2.05) is 23.1 Å². The third-order valence-electron chi connectivity index (χ3n) is 5.06.